The average Bonchev–Trinajstić information content (AvgIpc) is 3.57. The minimum absolute atomic E-state index is 0.332. The third-order valence-corrected chi connectivity index (χ3v) is 12.3. The molecule has 4 aliphatic heterocycles. The van der Waals surface area contributed by atoms with E-state index in [-0.39, 0.29) is 0 Å². The Labute approximate surface area is 300 Å². The summed E-state index contributed by atoms with van der Waals surface area (Å²) in [6.07, 6.45) is 10.6. The first kappa shape index (κ1) is 37.1. The number of fused-ring (bicyclic) bond motifs is 4. The van der Waals surface area contributed by atoms with Crippen LogP contribution in [0.15, 0.2) is 48.5 Å². The summed E-state index contributed by atoms with van der Waals surface area (Å²) in [4.78, 5) is 34.1. The highest BCUT2D eigenvalue weighted by atomic mass is 35.5. The molecule has 264 valence electrons. The van der Waals surface area contributed by atoms with Crippen molar-refractivity contribution in [3.63, 3.8) is 0 Å². The predicted molar refractivity (Wildman–Crippen MR) is 199 cm³/mol. The molecule has 2 aromatic rings. The van der Waals surface area contributed by atoms with Gasteiger partial charge in [-0.1, -0.05) is 87.3 Å². The van der Waals surface area contributed by atoms with E-state index in [9.17, 15) is 9.59 Å². The first-order valence-corrected chi connectivity index (χ1v) is 19.5. The molecule has 8 heteroatoms. The third kappa shape index (κ3) is 9.35. The molecular formula is C40H58Cl2N4O2. The maximum Gasteiger partial charge on any atom is 0.222 e. The number of amides is 2. The zero-order chi connectivity index (χ0) is 34.2. The molecule has 6 unspecified atom stereocenters. The summed E-state index contributed by atoms with van der Waals surface area (Å²) < 4.78 is 0. The van der Waals surface area contributed by atoms with E-state index in [2.05, 4.69) is 69.8 Å². The van der Waals surface area contributed by atoms with E-state index in [0.717, 1.165) is 65.0 Å². The van der Waals surface area contributed by atoms with Gasteiger partial charge < -0.3 is 19.6 Å². The van der Waals surface area contributed by atoms with Crippen LogP contribution in [0.2, 0.25) is 10.0 Å². The van der Waals surface area contributed by atoms with Crippen molar-refractivity contribution in [2.45, 2.75) is 128 Å². The molecule has 48 heavy (non-hydrogen) atoms. The van der Waals surface area contributed by atoms with E-state index >= 15 is 0 Å². The normalized spacial score (nSPS) is 25.5. The second-order valence-corrected chi connectivity index (χ2v) is 15.5. The van der Waals surface area contributed by atoms with Crippen molar-refractivity contribution in [3.05, 3.63) is 69.7 Å². The lowest BCUT2D eigenvalue weighted by atomic mass is 9.97. The molecule has 2 amide bonds. The monoisotopic (exact) mass is 696 g/mol. The molecule has 0 saturated carbocycles. The van der Waals surface area contributed by atoms with Crippen LogP contribution in [-0.2, 0) is 9.59 Å². The smallest absolute Gasteiger partial charge is 0.222 e. The number of halogens is 2. The Kier molecular flexibility index (Phi) is 13.7. The number of carbonyl (C=O) groups is 2. The number of carbonyl (C=O) groups excluding carboxylic acids is 2. The van der Waals surface area contributed by atoms with Gasteiger partial charge in [0.2, 0.25) is 11.8 Å². The summed E-state index contributed by atoms with van der Waals surface area (Å²) in [6, 6.07) is 18.6. The molecule has 4 bridgehead atoms. The summed E-state index contributed by atoms with van der Waals surface area (Å²) in [5.74, 6) is 1.74. The van der Waals surface area contributed by atoms with Gasteiger partial charge >= 0.3 is 0 Å². The van der Waals surface area contributed by atoms with Crippen LogP contribution in [0, 0.1) is 0 Å². The van der Waals surface area contributed by atoms with Gasteiger partial charge in [0.05, 0.1) is 10.0 Å². The molecule has 4 fully saturated rings. The molecule has 2 aromatic carbocycles. The lowest BCUT2D eigenvalue weighted by molar-refractivity contribution is -0.134. The standard InChI is InChI=1S/C20H28Cl2N2O.C20H30N2O/c1-3-20(25)24-16-5-6-17(24)13-23(11-9-16)10-8-14(2)15-4-7-18(21)19(22)12-15;1-3-20(23)22-18-9-10-19(22)15-21(14-12-18)13-11-16(2)17-7-5-4-6-8-17/h4,7,12,14,16-17H,3,5-6,8-11,13H2,1-2H3;4-8,16,18-19H,3,9-15H2,1-2H3. The Morgan fingerprint density at radius 2 is 1.12 bits per heavy atom. The summed E-state index contributed by atoms with van der Waals surface area (Å²) in [7, 11) is 0. The van der Waals surface area contributed by atoms with Gasteiger partial charge in [0.1, 0.15) is 0 Å². The maximum absolute atomic E-state index is 12.3. The Morgan fingerprint density at radius 1 is 0.646 bits per heavy atom. The number of rotatable bonds is 10. The number of likely N-dealkylation sites (tertiary alicyclic amines) is 2. The van der Waals surface area contributed by atoms with Crippen LogP contribution in [0.4, 0.5) is 0 Å². The van der Waals surface area contributed by atoms with Gasteiger partial charge in [0.15, 0.2) is 0 Å². The molecule has 6 nitrogen and oxygen atoms in total. The summed E-state index contributed by atoms with van der Waals surface area (Å²) in [5.41, 5.74) is 2.68. The molecule has 0 aliphatic carbocycles. The highest BCUT2D eigenvalue weighted by Crippen LogP contribution is 2.33. The Morgan fingerprint density at radius 3 is 1.60 bits per heavy atom. The van der Waals surface area contributed by atoms with Gasteiger partial charge in [0, 0.05) is 63.2 Å². The van der Waals surface area contributed by atoms with Gasteiger partial charge in [0.25, 0.3) is 0 Å². The molecule has 4 heterocycles. The highest BCUT2D eigenvalue weighted by molar-refractivity contribution is 6.42. The summed E-state index contributed by atoms with van der Waals surface area (Å²) in [5, 5.41) is 1.24. The number of hydrogen-bond donors (Lipinski definition) is 0. The van der Waals surface area contributed by atoms with Crippen molar-refractivity contribution in [1.82, 2.24) is 19.6 Å². The third-order valence-electron chi connectivity index (χ3n) is 11.6. The van der Waals surface area contributed by atoms with E-state index in [1.807, 2.05) is 26.0 Å². The maximum atomic E-state index is 12.3. The Balaban J connectivity index is 0.000000188. The fourth-order valence-corrected chi connectivity index (χ4v) is 8.87. The minimum Gasteiger partial charge on any atom is -0.335 e. The molecule has 0 radical (unpaired) electrons. The fraction of sp³-hybridized carbons (Fsp3) is 0.650. The van der Waals surface area contributed by atoms with Crippen molar-refractivity contribution in [2.75, 3.05) is 39.3 Å². The van der Waals surface area contributed by atoms with E-state index in [1.165, 1.54) is 36.8 Å². The quantitative estimate of drug-likeness (QED) is 0.250. The zero-order valence-electron chi connectivity index (χ0n) is 29.8. The van der Waals surface area contributed by atoms with Crippen molar-refractivity contribution in [2.24, 2.45) is 0 Å². The molecule has 0 spiro atoms. The van der Waals surface area contributed by atoms with Crippen LogP contribution in [0.3, 0.4) is 0 Å². The highest BCUT2D eigenvalue weighted by Gasteiger charge is 2.40. The summed E-state index contributed by atoms with van der Waals surface area (Å²) in [6.45, 7) is 15.1. The van der Waals surface area contributed by atoms with Crippen molar-refractivity contribution in [3.8, 4) is 0 Å². The Hall–Kier alpha value is -2.12. The van der Waals surface area contributed by atoms with Crippen molar-refractivity contribution >= 4 is 35.0 Å². The number of benzene rings is 2. The van der Waals surface area contributed by atoms with E-state index in [1.54, 1.807) is 0 Å². The largest absolute Gasteiger partial charge is 0.335 e. The first-order valence-electron chi connectivity index (χ1n) is 18.7. The van der Waals surface area contributed by atoms with E-state index in [4.69, 9.17) is 23.2 Å². The molecule has 6 atom stereocenters. The number of nitrogens with zero attached hydrogens (tertiary/aromatic N) is 4. The molecule has 4 aliphatic rings. The molecule has 6 rings (SSSR count). The fourth-order valence-electron chi connectivity index (χ4n) is 8.56. The van der Waals surface area contributed by atoms with Gasteiger partial charge in [-0.15, -0.1) is 0 Å². The van der Waals surface area contributed by atoms with E-state index in [0.29, 0.717) is 70.7 Å². The zero-order valence-corrected chi connectivity index (χ0v) is 31.3. The average molecular weight is 698 g/mol. The van der Waals surface area contributed by atoms with Crippen LogP contribution in [0.5, 0.6) is 0 Å². The topological polar surface area (TPSA) is 47.1 Å². The molecular weight excluding hydrogens is 639 g/mol. The van der Waals surface area contributed by atoms with Crippen LogP contribution >= 0.6 is 23.2 Å². The summed E-state index contributed by atoms with van der Waals surface area (Å²) >= 11 is 12.2. The Bertz CT molecular complexity index is 1340. The first-order chi connectivity index (χ1) is 23.2. The molecule has 4 saturated heterocycles. The molecule has 0 N–H and O–H groups in total. The lowest BCUT2D eigenvalue weighted by Crippen LogP contribution is -2.43. The number of hydrogen-bond acceptors (Lipinski definition) is 4. The lowest BCUT2D eigenvalue weighted by Gasteiger charge is -2.29. The van der Waals surface area contributed by atoms with Crippen LogP contribution in [0.1, 0.15) is 115 Å². The van der Waals surface area contributed by atoms with Gasteiger partial charge in [-0.05, 0) is 99.6 Å². The van der Waals surface area contributed by atoms with Gasteiger partial charge in [-0.2, -0.15) is 0 Å². The second-order valence-electron chi connectivity index (χ2n) is 14.7. The van der Waals surface area contributed by atoms with Gasteiger partial charge in [-0.25, -0.2) is 0 Å². The van der Waals surface area contributed by atoms with Gasteiger partial charge in [-0.3, -0.25) is 9.59 Å². The molecule has 0 aromatic heterocycles. The van der Waals surface area contributed by atoms with Crippen molar-refractivity contribution < 1.29 is 9.59 Å². The second kappa shape index (κ2) is 17.7. The van der Waals surface area contributed by atoms with E-state index < -0.39 is 0 Å². The minimum atomic E-state index is 0.332. The van der Waals surface area contributed by atoms with Crippen LogP contribution in [-0.4, -0.2) is 94.8 Å². The van der Waals surface area contributed by atoms with Crippen LogP contribution in [0.25, 0.3) is 0 Å². The SMILES string of the molecule is CCC(=O)N1C2CCC1CN(CCC(C)c1ccc(Cl)c(Cl)c1)CC2.CCC(=O)N1C2CCC1CN(CCC(C)c1ccccc1)CC2. The van der Waals surface area contributed by atoms with Crippen LogP contribution < -0.4 is 0 Å². The predicted octanol–water partition coefficient (Wildman–Crippen LogP) is 8.62. The van der Waals surface area contributed by atoms with Crippen molar-refractivity contribution in [1.29, 1.82) is 0 Å².